The quantitative estimate of drug-likeness (QED) is 0.731. The van der Waals surface area contributed by atoms with Crippen LogP contribution in [0.4, 0.5) is 4.39 Å². The molecule has 2 rings (SSSR count). The van der Waals surface area contributed by atoms with Crippen molar-refractivity contribution in [2.45, 2.75) is 13.0 Å². The zero-order valence-corrected chi connectivity index (χ0v) is 8.29. The Hall–Kier alpha value is -1.09. The monoisotopic (exact) mass is 195 g/mol. The molecule has 0 atom stereocenters. The second-order valence-electron chi connectivity index (χ2n) is 3.55. The number of nitrogens with zero attached hydrogens (tertiary/aromatic N) is 1. The van der Waals surface area contributed by atoms with Gasteiger partial charge in [0.1, 0.15) is 11.6 Å². The van der Waals surface area contributed by atoms with E-state index < -0.39 is 0 Å². The number of likely N-dealkylation sites (tertiary alicyclic amines) is 1. The first-order chi connectivity index (χ1) is 6.81. The van der Waals surface area contributed by atoms with Gasteiger partial charge in [0.25, 0.3) is 0 Å². The van der Waals surface area contributed by atoms with Crippen LogP contribution in [0, 0.1) is 5.82 Å². The number of benzene rings is 1. The lowest BCUT2D eigenvalue weighted by atomic mass is 10.1. The molecular formula is C11H14FNO. The molecule has 0 saturated carbocycles. The van der Waals surface area contributed by atoms with E-state index in [4.69, 9.17) is 4.74 Å². The van der Waals surface area contributed by atoms with E-state index in [1.165, 1.54) is 12.5 Å². The number of halogens is 1. The van der Waals surface area contributed by atoms with E-state index in [-0.39, 0.29) is 5.82 Å². The van der Waals surface area contributed by atoms with Gasteiger partial charge in [-0.25, -0.2) is 4.39 Å². The molecule has 2 nitrogen and oxygen atoms in total. The maximum absolute atomic E-state index is 13.5. The van der Waals surface area contributed by atoms with Gasteiger partial charge < -0.3 is 4.74 Å². The molecule has 0 spiro atoms. The average molecular weight is 195 g/mol. The van der Waals surface area contributed by atoms with Gasteiger partial charge >= 0.3 is 0 Å². The van der Waals surface area contributed by atoms with Gasteiger partial charge in [0.05, 0.1) is 7.11 Å². The number of hydrogen-bond acceptors (Lipinski definition) is 2. The molecule has 1 aliphatic heterocycles. The molecule has 1 fully saturated rings. The normalized spacial score (nSPS) is 16.4. The Bertz CT molecular complexity index is 323. The van der Waals surface area contributed by atoms with Crippen LogP contribution in [0.25, 0.3) is 0 Å². The van der Waals surface area contributed by atoms with Crippen LogP contribution in [0.2, 0.25) is 0 Å². The second-order valence-corrected chi connectivity index (χ2v) is 3.55. The highest BCUT2D eigenvalue weighted by Gasteiger charge is 2.18. The average Bonchev–Trinajstić information content (AvgIpc) is 2.12. The summed E-state index contributed by atoms with van der Waals surface area (Å²) in [6.45, 7) is 2.80. The lowest BCUT2D eigenvalue weighted by Gasteiger charge is -2.31. The summed E-state index contributed by atoms with van der Waals surface area (Å²) in [6, 6.07) is 4.96. The third-order valence-corrected chi connectivity index (χ3v) is 2.63. The smallest absolute Gasteiger partial charge is 0.131 e. The molecule has 0 bridgehead atoms. The number of methoxy groups -OCH3 is 1. The standard InChI is InChI=1S/C11H14FNO/c1-14-11-5-2-4-10(12)9(11)8-13-6-3-7-13/h2,4-5H,3,6-8H2,1H3. The number of rotatable bonds is 3. The van der Waals surface area contributed by atoms with Crippen molar-refractivity contribution in [1.82, 2.24) is 4.90 Å². The number of ether oxygens (including phenoxy) is 1. The van der Waals surface area contributed by atoms with Crippen molar-refractivity contribution >= 4 is 0 Å². The van der Waals surface area contributed by atoms with Crippen molar-refractivity contribution < 1.29 is 9.13 Å². The van der Waals surface area contributed by atoms with Crippen molar-refractivity contribution in [2.24, 2.45) is 0 Å². The van der Waals surface area contributed by atoms with E-state index in [1.807, 2.05) is 0 Å². The minimum absolute atomic E-state index is 0.170. The van der Waals surface area contributed by atoms with Gasteiger partial charge in [-0.3, -0.25) is 4.90 Å². The first kappa shape index (κ1) is 9.46. The molecule has 0 radical (unpaired) electrons. The number of hydrogen-bond donors (Lipinski definition) is 0. The molecule has 0 amide bonds. The van der Waals surface area contributed by atoms with Crippen LogP contribution in [0.5, 0.6) is 5.75 Å². The molecule has 0 aliphatic carbocycles. The topological polar surface area (TPSA) is 12.5 Å². The maximum Gasteiger partial charge on any atom is 0.131 e. The van der Waals surface area contributed by atoms with E-state index in [9.17, 15) is 4.39 Å². The Labute approximate surface area is 83.3 Å². The fourth-order valence-electron chi connectivity index (χ4n) is 1.65. The Morgan fingerprint density at radius 2 is 2.21 bits per heavy atom. The summed E-state index contributed by atoms with van der Waals surface area (Å²) in [4.78, 5) is 2.21. The third-order valence-electron chi connectivity index (χ3n) is 2.63. The van der Waals surface area contributed by atoms with Gasteiger partial charge in [0.15, 0.2) is 0 Å². The van der Waals surface area contributed by atoms with Crippen LogP contribution < -0.4 is 4.74 Å². The van der Waals surface area contributed by atoms with Crippen LogP contribution in [-0.4, -0.2) is 25.1 Å². The predicted octanol–water partition coefficient (Wildman–Crippen LogP) is 2.04. The van der Waals surface area contributed by atoms with Crippen molar-refractivity contribution in [2.75, 3.05) is 20.2 Å². The minimum Gasteiger partial charge on any atom is -0.496 e. The molecule has 1 heterocycles. The maximum atomic E-state index is 13.5. The zero-order chi connectivity index (χ0) is 9.97. The summed E-state index contributed by atoms with van der Waals surface area (Å²) in [5, 5.41) is 0. The van der Waals surface area contributed by atoms with Gasteiger partial charge in [-0.05, 0) is 31.6 Å². The Balaban J connectivity index is 2.19. The molecule has 0 N–H and O–H groups in total. The second kappa shape index (κ2) is 3.96. The first-order valence-corrected chi connectivity index (χ1v) is 4.85. The van der Waals surface area contributed by atoms with E-state index in [0.717, 1.165) is 13.1 Å². The molecule has 1 aliphatic rings. The largest absolute Gasteiger partial charge is 0.496 e. The molecule has 0 unspecified atom stereocenters. The molecular weight excluding hydrogens is 181 g/mol. The minimum atomic E-state index is -0.170. The molecule has 3 heteroatoms. The summed E-state index contributed by atoms with van der Waals surface area (Å²) < 4.78 is 18.6. The van der Waals surface area contributed by atoms with Crippen LogP contribution in [0.15, 0.2) is 18.2 Å². The van der Waals surface area contributed by atoms with Gasteiger partial charge in [-0.1, -0.05) is 6.07 Å². The SMILES string of the molecule is COc1cccc(F)c1CN1CCC1. The third kappa shape index (κ3) is 1.73. The molecule has 1 aromatic carbocycles. The molecule has 14 heavy (non-hydrogen) atoms. The van der Waals surface area contributed by atoms with Gasteiger partial charge in [-0.2, -0.15) is 0 Å². The predicted molar refractivity (Wildman–Crippen MR) is 52.8 cm³/mol. The van der Waals surface area contributed by atoms with Crippen LogP contribution in [0.3, 0.4) is 0 Å². The lowest BCUT2D eigenvalue weighted by molar-refractivity contribution is 0.168. The fourth-order valence-corrected chi connectivity index (χ4v) is 1.65. The van der Waals surface area contributed by atoms with Crippen LogP contribution in [-0.2, 0) is 6.54 Å². The van der Waals surface area contributed by atoms with E-state index in [1.54, 1.807) is 19.2 Å². The van der Waals surface area contributed by atoms with Gasteiger partial charge in [0, 0.05) is 12.1 Å². The Morgan fingerprint density at radius 1 is 1.43 bits per heavy atom. The molecule has 0 aromatic heterocycles. The van der Waals surface area contributed by atoms with Crippen molar-refractivity contribution in [3.05, 3.63) is 29.6 Å². The van der Waals surface area contributed by atoms with Crippen molar-refractivity contribution in [1.29, 1.82) is 0 Å². The first-order valence-electron chi connectivity index (χ1n) is 4.85. The zero-order valence-electron chi connectivity index (χ0n) is 8.29. The summed E-state index contributed by atoms with van der Waals surface area (Å²) in [5.41, 5.74) is 0.676. The lowest BCUT2D eigenvalue weighted by Crippen LogP contribution is -2.36. The molecule has 1 saturated heterocycles. The highest BCUT2D eigenvalue weighted by molar-refractivity contribution is 5.34. The summed E-state index contributed by atoms with van der Waals surface area (Å²) in [6.07, 6.45) is 1.22. The summed E-state index contributed by atoms with van der Waals surface area (Å²) in [7, 11) is 1.58. The molecule has 1 aromatic rings. The van der Waals surface area contributed by atoms with E-state index in [0.29, 0.717) is 17.9 Å². The van der Waals surface area contributed by atoms with Crippen LogP contribution in [0.1, 0.15) is 12.0 Å². The van der Waals surface area contributed by atoms with E-state index in [2.05, 4.69) is 4.90 Å². The van der Waals surface area contributed by atoms with Gasteiger partial charge in [-0.15, -0.1) is 0 Å². The highest BCUT2D eigenvalue weighted by atomic mass is 19.1. The van der Waals surface area contributed by atoms with E-state index >= 15 is 0 Å². The Morgan fingerprint density at radius 3 is 2.79 bits per heavy atom. The van der Waals surface area contributed by atoms with Crippen molar-refractivity contribution in [3.8, 4) is 5.75 Å². The summed E-state index contributed by atoms with van der Waals surface area (Å²) in [5.74, 6) is 0.480. The highest BCUT2D eigenvalue weighted by Crippen LogP contribution is 2.24. The molecule has 76 valence electrons. The Kier molecular flexibility index (Phi) is 2.68. The summed E-state index contributed by atoms with van der Waals surface area (Å²) >= 11 is 0. The van der Waals surface area contributed by atoms with Gasteiger partial charge in [0.2, 0.25) is 0 Å². The fraction of sp³-hybridized carbons (Fsp3) is 0.455. The van der Waals surface area contributed by atoms with Crippen LogP contribution >= 0.6 is 0 Å². The van der Waals surface area contributed by atoms with Crippen molar-refractivity contribution in [3.63, 3.8) is 0 Å².